The van der Waals surface area contributed by atoms with Gasteiger partial charge in [-0.15, -0.1) is 6.42 Å². The van der Waals surface area contributed by atoms with E-state index < -0.39 is 0 Å². The van der Waals surface area contributed by atoms with E-state index in [1.807, 2.05) is 34.7 Å². The minimum atomic E-state index is 0.761. The van der Waals surface area contributed by atoms with E-state index in [0.29, 0.717) is 0 Å². The van der Waals surface area contributed by atoms with Crippen LogP contribution in [0.3, 0.4) is 0 Å². The van der Waals surface area contributed by atoms with Crippen molar-refractivity contribution in [3.8, 4) is 12.3 Å². The van der Waals surface area contributed by atoms with Crippen LogP contribution in [0.1, 0.15) is 118 Å². The van der Waals surface area contributed by atoms with Crippen molar-refractivity contribution in [2.45, 2.75) is 112 Å². The lowest BCUT2D eigenvalue weighted by Crippen LogP contribution is -2.48. The molecule has 5 saturated carbocycles. The molecule has 8 atom stereocenters. The zero-order valence-corrected chi connectivity index (χ0v) is 23.5. The third-order valence-electron chi connectivity index (χ3n) is 10.4. The first-order chi connectivity index (χ1) is 16.5. The Morgan fingerprint density at radius 1 is 0.853 bits per heavy atom. The Bertz CT molecular complexity index is 783. The Kier molecular flexibility index (Phi) is 9.77. The average Bonchev–Trinajstić information content (AvgIpc) is 3.51. The second-order valence-corrected chi connectivity index (χ2v) is 12.0. The van der Waals surface area contributed by atoms with Gasteiger partial charge in [0, 0.05) is 13.2 Å². The average molecular weight is 467 g/mol. The van der Waals surface area contributed by atoms with Crippen molar-refractivity contribution in [2.24, 2.45) is 59.8 Å². The van der Waals surface area contributed by atoms with E-state index >= 15 is 0 Å². The highest BCUT2D eigenvalue weighted by atomic mass is 15.2. The standard InChI is InChI=1S/C22H36.C6H6N2.2C2H6/c1-14-3-7-17-16(13-14)6-8-19-18(17)11-12-22(2)20(15-4-5-15)9-10-21(19)22;1-3-6-4-7-8(2)5-6;2*1-2/h14-21H,3-13H2,1-2H3;1,4-5H,2H3;2*1-2H3. The molecule has 0 aromatic carbocycles. The van der Waals surface area contributed by atoms with Crippen LogP contribution in [0.2, 0.25) is 0 Å². The Labute approximate surface area is 212 Å². The lowest BCUT2D eigenvalue weighted by molar-refractivity contribution is -0.0693. The zero-order chi connectivity index (χ0) is 24.9. The van der Waals surface area contributed by atoms with Crippen molar-refractivity contribution in [1.82, 2.24) is 9.78 Å². The minimum absolute atomic E-state index is 0.761. The summed E-state index contributed by atoms with van der Waals surface area (Å²) in [7, 11) is 1.83. The predicted octanol–water partition coefficient (Wildman–Crippen LogP) is 8.76. The van der Waals surface area contributed by atoms with Gasteiger partial charge in [0.1, 0.15) is 0 Å². The molecule has 2 nitrogen and oxygen atoms in total. The summed E-state index contributed by atoms with van der Waals surface area (Å²) < 4.78 is 1.68. The van der Waals surface area contributed by atoms with Gasteiger partial charge in [-0.3, -0.25) is 4.68 Å². The lowest BCUT2D eigenvalue weighted by Gasteiger charge is -2.56. The van der Waals surface area contributed by atoms with Crippen molar-refractivity contribution < 1.29 is 0 Å². The van der Waals surface area contributed by atoms with E-state index in [-0.39, 0.29) is 0 Å². The number of aromatic nitrogens is 2. The highest BCUT2D eigenvalue weighted by molar-refractivity contribution is 5.25. The highest BCUT2D eigenvalue weighted by Gasteiger charge is 2.59. The fraction of sp³-hybridized carbons (Fsp3) is 0.844. The van der Waals surface area contributed by atoms with Gasteiger partial charge in [0.05, 0.1) is 11.8 Å². The summed E-state index contributed by atoms with van der Waals surface area (Å²) in [4.78, 5) is 0. The molecule has 1 aromatic rings. The summed E-state index contributed by atoms with van der Waals surface area (Å²) in [6.07, 6.45) is 26.0. The summed E-state index contributed by atoms with van der Waals surface area (Å²) in [6.45, 7) is 13.2. The Morgan fingerprint density at radius 3 is 2.09 bits per heavy atom. The van der Waals surface area contributed by atoms with Crippen LogP contribution < -0.4 is 0 Å². The molecule has 1 aromatic heterocycles. The fourth-order valence-electron chi connectivity index (χ4n) is 8.90. The molecule has 0 aliphatic heterocycles. The summed E-state index contributed by atoms with van der Waals surface area (Å²) in [6, 6.07) is 0. The summed E-state index contributed by atoms with van der Waals surface area (Å²) in [5.41, 5.74) is 1.59. The topological polar surface area (TPSA) is 17.8 Å². The van der Waals surface area contributed by atoms with Gasteiger partial charge in [-0.25, -0.2) is 0 Å². The molecular formula is C32H54N2. The maximum Gasteiger partial charge on any atom is 0.0646 e. The maximum absolute atomic E-state index is 5.06. The maximum atomic E-state index is 5.06. The van der Waals surface area contributed by atoms with E-state index in [2.05, 4.69) is 24.9 Å². The van der Waals surface area contributed by atoms with Gasteiger partial charge >= 0.3 is 0 Å². The van der Waals surface area contributed by atoms with E-state index in [1.165, 1.54) is 6.42 Å². The molecule has 34 heavy (non-hydrogen) atoms. The molecular weight excluding hydrogens is 412 g/mol. The van der Waals surface area contributed by atoms with Gasteiger partial charge in [-0.1, -0.05) is 53.9 Å². The molecule has 2 heteroatoms. The molecule has 8 unspecified atom stereocenters. The Hall–Kier alpha value is -1.23. The molecule has 5 fully saturated rings. The zero-order valence-electron chi connectivity index (χ0n) is 23.5. The van der Waals surface area contributed by atoms with Crippen molar-refractivity contribution in [3.05, 3.63) is 18.0 Å². The largest absolute Gasteiger partial charge is 0.275 e. The second kappa shape index (κ2) is 12.1. The number of hydrogen-bond donors (Lipinski definition) is 0. The molecule has 0 spiro atoms. The quantitative estimate of drug-likeness (QED) is 0.378. The third kappa shape index (κ3) is 5.60. The second-order valence-electron chi connectivity index (χ2n) is 12.0. The number of rotatable bonds is 1. The first-order valence-corrected chi connectivity index (χ1v) is 14.9. The van der Waals surface area contributed by atoms with Crippen LogP contribution >= 0.6 is 0 Å². The van der Waals surface area contributed by atoms with Crippen LogP contribution in [-0.2, 0) is 7.05 Å². The monoisotopic (exact) mass is 466 g/mol. The summed E-state index contributed by atoms with van der Waals surface area (Å²) in [5, 5.41) is 3.86. The molecule has 5 aliphatic carbocycles. The normalized spacial score (nSPS) is 39.8. The van der Waals surface area contributed by atoms with Crippen LogP contribution in [0.15, 0.2) is 12.4 Å². The van der Waals surface area contributed by atoms with Gasteiger partial charge in [-0.2, -0.15) is 5.10 Å². The predicted molar refractivity (Wildman–Crippen MR) is 146 cm³/mol. The van der Waals surface area contributed by atoms with Crippen LogP contribution in [0.4, 0.5) is 0 Å². The van der Waals surface area contributed by atoms with Crippen LogP contribution in [-0.4, -0.2) is 9.78 Å². The number of hydrogen-bond acceptors (Lipinski definition) is 1. The van der Waals surface area contributed by atoms with Crippen LogP contribution in [0.5, 0.6) is 0 Å². The fourth-order valence-corrected chi connectivity index (χ4v) is 8.90. The lowest BCUT2D eigenvalue weighted by atomic mass is 9.49. The Balaban J connectivity index is 0.000000228. The van der Waals surface area contributed by atoms with Gasteiger partial charge in [0.25, 0.3) is 0 Å². The highest BCUT2D eigenvalue weighted by Crippen LogP contribution is 2.67. The number of aryl methyl sites for hydroxylation is 1. The molecule has 6 rings (SSSR count). The van der Waals surface area contributed by atoms with Crippen molar-refractivity contribution in [1.29, 1.82) is 0 Å². The molecule has 1 heterocycles. The van der Waals surface area contributed by atoms with Gasteiger partial charge in [0.2, 0.25) is 0 Å². The SMILES string of the molecule is C#Cc1cnn(C)c1.CC.CC.CC1CCC2C(CCC3C2CCC2(C)C(C4CC4)CCC32)C1. The molecule has 5 aliphatic rings. The van der Waals surface area contributed by atoms with E-state index in [9.17, 15) is 0 Å². The molecule has 0 saturated heterocycles. The molecule has 192 valence electrons. The van der Waals surface area contributed by atoms with Crippen molar-refractivity contribution >= 4 is 0 Å². The molecule has 0 N–H and O–H groups in total. The van der Waals surface area contributed by atoms with Gasteiger partial charge < -0.3 is 0 Å². The smallest absolute Gasteiger partial charge is 0.0646 e. The van der Waals surface area contributed by atoms with E-state index in [4.69, 9.17) is 6.42 Å². The van der Waals surface area contributed by atoms with Gasteiger partial charge in [0.15, 0.2) is 0 Å². The third-order valence-corrected chi connectivity index (χ3v) is 10.4. The Morgan fingerprint density at radius 2 is 1.50 bits per heavy atom. The van der Waals surface area contributed by atoms with Crippen molar-refractivity contribution in [2.75, 3.05) is 0 Å². The van der Waals surface area contributed by atoms with E-state index in [0.717, 1.165) is 58.3 Å². The number of fused-ring (bicyclic) bond motifs is 5. The van der Waals surface area contributed by atoms with Crippen LogP contribution in [0.25, 0.3) is 0 Å². The molecule has 0 amide bonds. The minimum Gasteiger partial charge on any atom is -0.275 e. The first kappa shape index (κ1) is 27.4. The van der Waals surface area contributed by atoms with Gasteiger partial charge in [-0.05, 0) is 117 Å². The summed E-state index contributed by atoms with van der Waals surface area (Å²) >= 11 is 0. The molecule has 0 bridgehead atoms. The summed E-state index contributed by atoms with van der Waals surface area (Å²) in [5.74, 6) is 11.4. The van der Waals surface area contributed by atoms with Crippen molar-refractivity contribution in [3.63, 3.8) is 0 Å². The number of nitrogens with zero attached hydrogens (tertiary/aromatic N) is 2. The van der Waals surface area contributed by atoms with E-state index in [1.54, 1.807) is 81.3 Å². The van der Waals surface area contributed by atoms with Crippen LogP contribution in [0, 0.1) is 65.1 Å². The molecule has 0 radical (unpaired) electrons. The first-order valence-electron chi connectivity index (χ1n) is 14.9. The number of terminal acetylenes is 1.